The molecule has 27 heavy (non-hydrogen) atoms. The molecule has 1 atom stereocenters. The lowest BCUT2D eigenvalue weighted by Gasteiger charge is -2.18. The molecule has 140 valence electrons. The predicted octanol–water partition coefficient (Wildman–Crippen LogP) is 4.71. The lowest BCUT2D eigenvalue weighted by atomic mass is 10.1. The minimum Gasteiger partial charge on any atom is -0.494 e. The largest absolute Gasteiger partial charge is 0.494 e. The Morgan fingerprint density at radius 3 is 2.33 bits per heavy atom. The molecule has 0 aliphatic heterocycles. The van der Waals surface area contributed by atoms with Crippen LogP contribution in [0.5, 0.6) is 11.5 Å². The summed E-state index contributed by atoms with van der Waals surface area (Å²) in [6, 6.07) is 21.7. The summed E-state index contributed by atoms with van der Waals surface area (Å²) >= 11 is 0. The Morgan fingerprint density at radius 1 is 0.926 bits per heavy atom. The van der Waals surface area contributed by atoms with Crippen LogP contribution in [0.15, 0.2) is 66.7 Å². The molecule has 0 bridgehead atoms. The van der Waals surface area contributed by atoms with E-state index in [9.17, 15) is 4.79 Å². The molecule has 0 radical (unpaired) electrons. The molecule has 3 rings (SSSR count). The minimum atomic E-state index is -0.520. The first-order valence-corrected chi connectivity index (χ1v) is 9.34. The Morgan fingerprint density at radius 2 is 1.63 bits per heavy atom. The number of fused-ring (bicyclic) bond motifs is 1. The normalized spacial score (nSPS) is 11.8. The van der Waals surface area contributed by atoms with Gasteiger partial charge in [0, 0.05) is 6.54 Å². The molecule has 0 spiro atoms. The molecule has 0 saturated carbocycles. The average Bonchev–Trinajstić information content (AvgIpc) is 2.71. The van der Waals surface area contributed by atoms with Crippen LogP contribution in [0.4, 0.5) is 0 Å². The molecule has 0 saturated heterocycles. The second-order valence-corrected chi connectivity index (χ2v) is 6.32. The number of hydrogen-bond acceptors (Lipinski definition) is 3. The maximum atomic E-state index is 12.5. The Balaban J connectivity index is 1.59. The molecule has 0 heterocycles. The van der Waals surface area contributed by atoms with E-state index < -0.39 is 6.10 Å². The highest BCUT2D eigenvalue weighted by Gasteiger charge is 2.18. The van der Waals surface area contributed by atoms with Crippen LogP contribution in [0, 0.1) is 0 Å². The van der Waals surface area contributed by atoms with Crippen LogP contribution in [0.1, 0.15) is 25.8 Å². The van der Waals surface area contributed by atoms with Gasteiger partial charge < -0.3 is 14.8 Å². The maximum Gasteiger partial charge on any atom is 0.261 e. The van der Waals surface area contributed by atoms with Gasteiger partial charge in [-0.1, -0.05) is 49.4 Å². The van der Waals surface area contributed by atoms with Crippen molar-refractivity contribution < 1.29 is 14.3 Å². The van der Waals surface area contributed by atoms with Crippen LogP contribution in [0.2, 0.25) is 0 Å². The highest BCUT2D eigenvalue weighted by atomic mass is 16.5. The molecule has 3 aromatic rings. The van der Waals surface area contributed by atoms with E-state index in [0.29, 0.717) is 25.3 Å². The summed E-state index contributed by atoms with van der Waals surface area (Å²) < 4.78 is 11.4. The van der Waals surface area contributed by atoms with Crippen LogP contribution >= 0.6 is 0 Å². The molecular formula is C23H25NO3. The monoisotopic (exact) mass is 363 g/mol. The van der Waals surface area contributed by atoms with Gasteiger partial charge in [-0.3, -0.25) is 4.79 Å². The number of carbonyl (C=O) groups excluding carboxylic acids is 1. The van der Waals surface area contributed by atoms with E-state index in [2.05, 4.69) is 11.4 Å². The molecule has 1 N–H and O–H groups in total. The fourth-order valence-corrected chi connectivity index (χ4v) is 2.90. The number of hydrogen-bond donors (Lipinski definition) is 1. The van der Waals surface area contributed by atoms with Crippen LogP contribution in [-0.2, 0) is 11.3 Å². The van der Waals surface area contributed by atoms with Gasteiger partial charge in [0.1, 0.15) is 11.5 Å². The molecule has 0 fully saturated rings. The van der Waals surface area contributed by atoms with Crippen molar-refractivity contribution in [2.24, 2.45) is 0 Å². The molecule has 4 heteroatoms. The van der Waals surface area contributed by atoms with Crippen molar-refractivity contribution in [1.29, 1.82) is 0 Å². The Kier molecular flexibility index (Phi) is 6.31. The number of nitrogens with one attached hydrogen (secondary N) is 1. The highest BCUT2D eigenvalue weighted by molar-refractivity contribution is 5.84. The molecule has 1 amide bonds. The minimum absolute atomic E-state index is 0.112. The van der Waals surface area contributed by atoms with Crippen molar-refractivity contribution in [3.63, 3.8) is 0 Å². The number of ether oxygens (including phenoxy) is 2. The summed E-state index contributed by atoms with van der Waals surface area (Å²) in [5.74, 6) is 1.43. The number of amides is 1. The number of carbonyl (C=O) groups is 1. The summed E-state index contributed by atoms with van der Waals surface area (Å²) in [4.78, 5) is 12.5. The molecule has 0 aromatic heterocycles. The van der Waals surface area contributed by atoms with Crippen molar-refractivity contribution in [1.82, 2.24) is 5.32 Å². The Hall–Kier alpha value is -3.01. The first kappa shape index (κ1) is 18.8. The number of rotatable bonds is 8. The number of benzene rings is 3. The van der Waals surface area contributed by atoms with Gasteiger partial charge in [0.15, 0.2) is 6.10 Å². The molecule has 0 unspecified atom stereocenters. The van der Waals surface area contributed by atoms with Crippen LogP contribution in [0.3, 0.4) is 0 Å². The summed E-state index contributed by atoms with van der Waals surface area (Å²) in [6.07, 6.45) is 0.0796. The molecular weight excluding hydrogens is 338 g/mol. The molecule has 4 nitrogen and oxygen atoms in total. The van der Waals surface area contributed by atoms with Crippen molar-refractivity contribution in [3.8, 4) is 11.5 Å². The van der Waals surface area contributed by atoms with Gasteiger partial charge in [-0.25, -0.2) is 0 Å². The van der Waals surface area contributed by atoms with Gasteiger partial charge >= 0.3 is 0 Å². The third-order valence-electron chi connectivity index (χ3n) is 4.36. The van der Waals surface area contributed by atoms with Gasteiger partial charge in [-0.05, 0) is 53.9 Å². The van der Waals surface area contributed by atoms with E-state index in [0.717, 1.165) is 22.1 Å². The highest BCUT2D eigenvalue weighted by Crippen LogP contribution is 2.22. The standard InChI is InChI=1S/C23H25NO3/c1-3-22(27-21-14-11-18-7-5-6-8-19(18)15-21)23(25)24-16-17-9-12-20(13-10-17)26-4-2/h5-15,22H,3-4,16H2,1-2H3,(H,24,25)/t22-/m0/s1. The second kappa shape index (κ2) is 9.08. The summed E-state index contributed by atoms with van der Waals surface area (Å²) in [7, 11) is 0. The lowest BCUT2D eigenvalue weighted by Crippen LogP contribution is -2.37. The smallest absolute Gasteiger partial charge is 0.261 e. The van der Waals surface area contributed by atoms with Crippen LogP contribution in [-0.4, -0.2) is 18.6 Å². The van der Waals surface area contributed by atoms with Crippen molar-refractivity contribution in [3.05, 3.63) is 72.3 Å². The Labute approximate surface area is 160 Å². The first-order chi connectivity index (χ1) is 13.2. The van der Waals surface area contributed by atoms with Gasteiger partial charge in [-0.2, -0.15) is 0 Å². The van der Waals surface area contributed by atoms with E-state index in [1.54, 1.807) is 0 Å². The zero-order valence-corrected chi connectivity index (χ0v) is 15.8. The van der Waals surface area contributed by atoms with Crippen molar-refractivity contribution >= 4 is 16.7 Å². The van der Waals surface area contributed by atoms with E-state index in [1.807, 2.05) is 74.5 Å². The fraction of sp³-hybridized carbons (Fsp3) is 0.261. The van der Waals surface area contributed by atoms with E-state index in [4.69, 9.17) is 9.47 Å². The summed E-state index contributed by atoms with van der Waals surface area (Å²) in [5.41, 5.74) is 1.02. The first-order valence-electron chi connectivity index (χ1n) is 9.34. The quantitative estimate of drug-likeness (QED) is 0.630. The summed E-state index contributed by atoms with van der Waals surface area (Å²) in [6.45, 7) is 5.00. The van der Waals surface area contributed by atoms with E-state index in [1.165, 1.54) is 0 Å². The molecule has 3 aromatic carbocycles. The van der Waals surface area contributed by atoms with Gasteiger partial charge in [-0.15, -0.1) is 0 Å². The topological polar surface area (TPSA) is 47.6 Å². The lowest BCUT2D eigenvalue weighted by molar-refractivity contribution is -0.128. The third-order valence-corrected chi connectivity index (χ3v) is 4.36. The van der Waals surface area contributed by atoms with Crippen LogP contribution < -0.4 is 14.8 Å². The zero-order valence-electron chi connectivity index (χ0n) is 15.8. The van der Waals surface area contributed by atoms with Crippen LogP contribution in [0.25, 0.3) is 10.8 Å². The maximum absolute atomic E-state index is 12.5. The third kappa shape index (κ3) is 5.00. The average molecular weight is 363 g/mol. The predicted molar refractivity (Wildman–Crippen MR) is 108 cm³/mol. The molecule has 0 aliphatic rings. The Bertz CT molecular complexity index is 890. The van der Waals surface area contributed by atoms with Crippen molar-refractivity contribution in [2.75, 3.05) is 6.61 Å². The van der Waals surface area contributed by atoms with E-state index in [-0.39, 0.29) is 5.91 Å². The fourth-order valence-electron chi connectivity index (χ4n) is 2.90. The molecule has 0 aliphatic carbocycles. The second-order valence-electron chi connectivity index (χ2n) is 6.32. The zero-order chi connectivity index (χ0) is 19.1. The van der Waals surface area contributed by atoms with Gasteiger partial charge in [0.05, 0.1) is 6.61 Å². The summed E-state index contributed by atoms with van der Waals surface area (Å²) in [5, 5.41) is 5.20. The van der Waals surface area contributed by atoms with Crippen molar-refractivity contribution in [2.45, 2.75) is 32.9 Å². The SMILES string of the molecule is CCOc1ccc(CNC(=O)[C@H](CC)Oc2ccc3ccccc3c2)cc1. The van der Waals surface area contributed by atoms with E-state index >= 15 is 0 Å². The van der Waals surface area contributed by atoms with Gasteiger partial charge in [0.2, 0.25) is 0 Å². The van der Waals surface area contributed by atoms with Gasteiger partial charge in [0.25, 0.3) is 5.91 Å².